The van der Waals surface area contributed by atoms with Crippen LogP contribution in [-0.2, 0) is 20.7 Å². The van der Waals surface area contributed by atoms with Gasteiger partial charge >= 0.3 is 5.97 Å². The van der Waals surface area contributed by atoms with Crippen molar-refractivity contribution in [2.75, 3.05) is 7.11 Å². The van der Waals surface area contributed by atoms with Crippen molar-refractivity contribution in [3.8, 4) is 11.1 Å². The minimum absolute atomic E-state index is 0.182. The molecule has 0 radical (unpaired) electrons. The van der Waals surface area contributed by atoms with Crippen LogP contribution in [0.2, 0.25) is 0 Å². The molecular formula is C16H13NO5. The molecule has 0 fully saturated rings. The maximum atomic E-state index is 11.7. The first-order valence-corrected chi connectivity index (χ1v) is 6.47. The average Bonchev–Trinajstić information content (AvgIpc) is 2.54. The minimum Gasteiger partial charge on any atom is -0.463 e. The summed E-state index contributed by atoms with van der Waals surface area (Å²) < 4.78 is 4.34. The van der Waals surface area contributed by atoms with Crippen LogP contribution in [0.15, 0.2) is 48.5 Å². The zero-order chi connectivity index (χ0) is 16.1. The van der Waals surface area contributed by atoms with Crippen LogP contribution in [0.25, 0.3) is 11.1 Å². The summed E-state index contributed by atoms with van der Waals surface area (Å²) in [4.78, 5) is 33.4. The molecule has 0 atom stereocenters. The standard InChI is InChI=1S/C16H13NO5/c1-22-16(19)15(18)10-13-9-12(7-8-14(13)17(20)21)11-5-3-2-4-6-11/h2-9H,10H2,1H3. The van der Waals surface area contributed by atoms with E-state index in [1.54, 1.807) is 12.1 Å². The number of nitrogens with zero attached hydrogens (tertiary/aromatic N) is 1. The topological polar surface area (TPSA) is 86.5 Å². The third-order valence-electron chi connectivity index (χ3n) is 3.15. The molecule has 0 aromatic heterocycles. The average molecular weight is 299 g/mol. The number of rotatable bonds is 5. The molecule has 0 saturated heterocycles. The summed E-state index contributed by atoms with van der Waals surface area (Å²) in [5.74, 6) is -1.84. The predicted molar refractivity (Wildman–Crippen MR) is 79.3 cm³/mol. The first-order valence-electron chi connectivity index (χ1n) is 6.47. The largest absolute Gasteiger partial charge is 0.463 e. The van der Waals surface area contributed by atoms with Crippen molar-refractivity contribution in [2.45, 2.75) is 6.42 Å². The smallest absolute Gasteiger partial charge is 0.374 e. The lowest BCUT2D eigenvalue weighted by Crippen LogP contribution is -2.18. The lowest BCUT2D eigenvalue weighted by molar-refractivity contribution is -0.385. The van der Waals surface area contributed by atoms with Gasteiger partial charge in [-0.15, -0.1) is 0 Å². The second-order valence-electron chi connectivity index (χ2n) is 4.56. The number of Topliss-reactive ketones (excluding diaryl/α,β-unsaturated/α-hetero) is 1. The molecule has 2 aromatic rings. The van der Waals surface area contributed by atoms with Crippen molar-refractivity contribution in [1.82, 2.24) is 0 Å². The summed E-state index contributed by atoms with van der Waals surface area (Å²) in [6.07, 6.45) is -0.371. The van der Waals surface area contributed by atoms with Gasteiger partial charge < -0.3 is 4.74 Å². The summed E-state index contributed by atoms with van der Waals surface area (Å²) >= 11 is 0. The number of methoxy groups -OCH3 is 1. The van der Waals surface area contributed by atoms with Gasteiger partial charge in [0, 0.05) is 18.1 Å². The highest BCUT2D eigenvalue weighted by molar-refractivity contribution is 6.34. The van der Waals surface area contributed by atoms with Crippen LogP contribution >= 0.6 is 0 Å². The number of ketones is 1. The van der Waals surface area contributed by atoms with Crippen molar-refractivity contribution in [3.63, 3.8) is 0 Å². The van der Waals surface area contributed by atoms with Gasteiger partial charge in [-0.05, 0) is 23.3 Å². The molecule has 0 heterocycles. The minimum atomic E-state index is -1.01. The van der Waals surface area contributed by atoms with Crippen LogP contribution in [-0.4, -0.2) is 23.8 Å². The van der Waals surface area contributed by atoms with E-state index >= 15 is 0 Å². The quantitative estimate of drug-likeness (QED) is 0.366. The van der Waals surface area contributed by atoms with Gasteiger partial charge in [0.05, 0.1) is 12.0 Å². The molecule has 2 aromatic carbocycles. The molecule has 22 heavy (non-hydrogen) atoms. The van der Waals surface area contributed by atoms with Crippen LogP contribution in [0.3, 0.4) is 0 Å². The molecule has 2 rings (SSSR count). The lowest BCUT2D eigenvalue weighted by Gasteiger charge is -2.06. The van der Waals surface area contributed by atoms with Gasteiger partial charge in [-0.3, -0.25) is 14.9 Å². The van der Waals surface area contributed by atoms with E-state index in [2.05, 4.69) is 4.74 Å². The first-order chi connectivity index (χ1) is 10.5. The summed E-state index contributed by atoms with van der Waals surface area (Å²) in [6, 6.07) is 13.7. The number of esters is 1. The Hall–Kier alpha value is -3.02. The number of carbonyl (C=O) groups is 2. The van der Waals surface area contributed by atoms with Crippen LogP contribution in [0, 0.1) is 10.1 Å². The zero-order valence-corrected chi connectivity index (χ0v) is 11.8. The fraction of sp³-hybridized carbons (Fsp3) is 0.125. The molecule has 6 heteroatoms. The number of nitro benzene ring substituents is 1. The van der Waals surface area contributed by atoms with Gasteiger partial charge in [0.25, 0.3) is 5.69 Å². The number of carbonyl (C=O) groups excluding carboxylic acids is 2. The monoisotopic (exact) mass is 299 g/mol. The van der Waals surface area contributed by atoms with Crippen LogP contribution in [0.4, 0.5) is 5.69 Å². The van der Waals surface area contributed by atoms with Crippen LogP contribution < -0.4 is 0 Å². The van der Waals surface area contributed by atoms with Gasteiger partial charge in [0.2, 0.25) is 5.78 Å². The van der Waals surface area contributed by atoms with Crippen molar-refractivity contribution < 1.29 is 19.2 Å². The number of benzene rings is 2. The maximum absolute atomic E-state index is 11.7. The van der Waals surface area contributed by atoms with Gasteiger partial charge in [0.15, 0.2) is 0 Å². The van der Waals surface area contributed by atoms with Gasteiger partial charge in [-0.1, -0.05) is 30.3 Å². The molecule has 0 saturated carbocycles. The lowest BCUT2D eigenvalue weighted by atomic mass is 9.99. The van der Waals surface area contributed by atoms with Crippen molar-refractivity contribution in [2.24, 2.45) is 0 Å². The Kier molecular flexibility index (Phi) is 4.63. The normalized spacial score (nSPS) is 10.0. The second kappa shape index (κ2) is 6.62. The van der Waals surface area contributed by atoms with E-state index in [0.29, 0.717) is 0 Å². The summed E-state index contributed by atoms with van der Waals surface area (Å²) in [5, 5.41) is 11.1. The molecule has 6 nitrogen and oxygen atoms in total. The predicted octanol–water partition coefficient (Wildman–Crippen LogP) is 2.55. The van der Waals surface area contributed by atoms with E-state index in [9.17, 15) is 19.7 Å². The molecule has 0 aliphatic carbocycles. The van der Waals surface area contributed by atoms with E-state index in [1.807, 2.05) is 30.3 Å². The zero-order valence-electron chi connectivity index (χ0n) is 11.8. The molecular weight excluding hydrogens is 286 g/mol. The molecule has 0 bridgehead atoms. The highest BCUT2D eigenvalue weighted by Crippen LogP contribution is 2.27. The van der Waals surface area contributed by atoms with E-state index in [-0.39, 0.29) is 17.7 Å². The molecule has 0 unspecified atom stereocenters. The van der Waals surface area contributed by atoms with Crippen LogP contribution in [0.5, 0.6) is 0 Å². The Morgan fingerprint density at radius 1 is 1.09 bits per heavy atom. The summed E-state index contributed by atoms with van der Waals surface area (Å²) in [5.41, 5.74) is 1.58. The maximum Gasteiger partial charge on any atom is 0.374 e. The van der Waals surface area contributed by atoms with Gasteiger partial charge in [0.1, 0.15) is 0 Å². The Morgan fingerprint density at radius 2 is 1.77 bits per heavy atom. The van der Waals surface area contributed by atoms with Gasteiger partial charge in [-0.2, -0.15) is 0 Å². The Balaban J connectivity index is 2.43. The molecule has 0 N–H and O–H groups in total. The first kappa shape index (κ1) is 15.4. The van der Waals surface area contributed by atoms with Crippen molar-refractivity contribution in [1.29, 1.82) is 0 Å². The molecule has 0 amide bonds. The molecule has 0 aliphatic rings. The highest BCUT2D eigenvalue weighted by Gasteiger charge is 2.21. The van der Waals surface area contributed by atoms with E-state index in [4.69, 9.17) is 0 Å². The molecule has 0 spiro atoms. The summed E-state index contributed by atoms with van der Waals surface area (Å²) in [7, 11) is 1.09. The fourth-order valence-electron chi connectivity index (χ4n) is 2.07. The van der Waals surface area contributed by atoms with E-state index in [1.165, 1.54) is 6.07 Å². The number of nitro groups is 1. The second-order valence-corrected chi connectivity index (χ2v) is 4.56. The molecule has 0 aliphatic heterocycles. The number of hydrogen-bond donors (Lipinski definition) is 0. The van der Waals surface area contributed by atoms with Gasteiger partial charge in [-0.25, -0.2) is 4.79 Å². The SMILES string of the molecule is COC(=O)C(=O)Cc1cc(-c2ccccc2)ccc1[N+](=O)[O-]. The molecule has 112 valence electrons. The van der Waals surface area contributed by atoms with E-state index < -0.39 is 16.7 Å². The summed E-state index contributed by atoms with van der Waals surface area (Å²) in [6.45, 7) is 0. The fourth-order valence-corrected chi connectivity index (χ4v) is 2.07. The third-order valence-corrected chi connectivity index (χ3v) is 3.15. The Morgan fingerprint density at radius 3 is 2.36 bits per heavy atom. The third kappa shape index (κ3) is 3.35. The number of hydrogen-bond acceptors (Lipinski definition) is 5. The number of ether oxygens (including phenoxy) is 1. The van der Waals surface area contributed by atoms with Crippen molar-refractivity contribution >= 4 is 17.4 Å². The van der Waals surface area contributed by atoms with Crippen LogP contribution in [0.1, 0.15) is 5.56 Å². The Labute approximate surface area is 126 Å². The Bertz CT molecular complexity index is 725. The van der Waals surface area contributed by atoms with E-state index in [0.717, 1.165) is 18.2 Å². The van der Waals surface area contributed by atoms with Crippen molar-refractivity contribution in [3.05, 3.63) is 64.2 Å². The highest BCUT2D eigenvalue weighted by atomic mass is 16.6.